The predicted molar refractivity (Wildman–Crippen MR) is 65.3 cm³/mol. The van der Waals surface area contributed by atoms with E-state index in [-0.39, 0.29) is 12.5 Å². The average molecular weight is 231 g/mol. The lowest BCUT2D eigenvalue weighted by Crippen LogP contribution is -2.44. The van der Waals surface area contributed by atoms with Crippen molar-refractivity contribution in [3.63, 3.8) is 0 Å². The SMILES string of the molecule is CCN(CCCN(C)C)C(=O)C(CN)OC. The van der Waals surface area contributed by atoms with Gasteiger partial charge in [0.25, 0.3) is 5.91 Å². The quantitative estimate of drug-likeness (QED) is 0.626. The zero-order valence-corrected chi connectivity index (χ0v) is 10.9. The first-order valence-electron chi connectivity index (χ1n) is 5.73. The van der Waals surface area contributed by atoms with Crippen LogP contribution in [0.15, 0.2) is 0 Å². The van der Waals surface area contributed by atoms with E-state index in [1.807, 2.05) is 21.0 Å². The van der Waals surface area contributed by atoms with Gasteiger partial charge in [-0.1, -0.05) is 0 Å². The maximum Gasteiger partial charge on any atom is 0.252 e. The highest BCUT2D eigenvalue weighted by molar-refractivity contribution is 5.81. The van der Waals surface area contributed by atoms with Crippen LogP contribution in [0.1, 0.15) is 13.3 Å². The molecule has 0 bridgehead atoms. The van der Waals surface area contributed by atoms with Crippen molar-refractivity contribution in [1.82, 2.24) is 9.80 Å². The van der Waals surface area contributed by atoms with Crippen LogP contribution in [-0.2, 0) is 9.53 Å². The number of hydrogen-bond acceptors (Lipinski definition) is 4. The molecule has 0 heterocycles. The maximum absolute atomic E-state index is 11.9. The molecule has 1 amide bonds. The van der Waals surface area contributed by atoms with Crippen molar-refractivity contribution in [2.24, 2.45) is 5.73 Å². The Kier molecular flexibility index (Phi) is 8.15. The van der Waals surface area contributed by atoms with Crippen molar-refractivity contribution in [3.8, 4) is 0 Å². The van der Waals surface area contributed by atoms with Crippen LogP contribution < -0.4 is 5.73 Å². The molecule has 0 radical (unpaired) electrons. The molecule has 0 aromatic heterocycles. The van der Waals surface area contributed by atoms with Crippen molar-refractivity contribution < 1.29 is 9.53 Å². The molecule has 96 valence electrons. The minimum atomic E-state index is -0.501. The van der Waals surface area contributed by atoms with Crippen LogP contribution in [0.2, 0.25) is 0 Å². The Bertz CT molecular complexity index is 194. The summed E-state index contributed by atoms with van der Waals surface area (Å²) >= 11 is 0. The molecule has 0 spiro atoms. The molecule has 1 atom stereocenters. The third-order valence-electron chi connectivity index (χ3n) is 2.50. The molecule has 0 saturated carbocycles. The molecular formula is C11H25N3O2. The van der Waals surface area contributed by atoms with E-state index in [0.717, 1.165) is 19.5 Å². The van der Waals surface area contributed by atoms with Crippen LogP contribution in [-0.4, -0.2) is 69.2 Å². The highest BCUT2D eigenvalue weighted by atomic mass is 16.5. The molecule has 0 saturated heterocycles. The van der Waals surface area contributed by atoms with Crippen LogP contribution >= 0.6 is 0 Å². The van der Waals surface area contributed by atoms with Crippen molar-refractivity contribution in [2.45, 2.75) is 19.4 Å². The Balaban J connectivity index is 4.10. The van der Waals surface area contributed by atoms with E-state index < -0.39 is 6.10 Å². The third-order valence-corrected chi connectivity index (χ3v) is 2.50. The molecule has 5 nitrogen and oxygen atoms in total. The second kappa shape index (κ2) is 8.50. The molecular weight excluding hydrogens is 206 g/mol. The Labute approximate surface area is 98.5 Å². The summed E-state index contributed by atoms with van der Waals surface area (Å²) in [4.78, 5) is 15.8. The van der Waals surface area contributed by atoms with Crippen LogP contribution in [0.4, 0.5) is 0 Å². The molecule has 5 heteroatoms. The topological polar surface area (TPSA) is 58.8 Å². The number of nitrogens with zero attached hydrogens (tertiary/aromatic N) is 2. The minimum Gasteiger partial charge on any atom is -0.370 e. The van der Waals surface area contributed by atoms with Gasteiger partial charge < -0.3 is 20.3 Å². The summed E-state index contributed by atoms with van der Waals surface area (Å²) in [6, 6.07) is 0. The summed E-state index contributed by atoms with van der Waals surface area (Å²) in [6.07, 6.45) is 0.465. The van der Waals surface area contributed by atoms with Gasteiger partial charge in [-0.25, -0.2) is 0 Å². The summed E-state index contributed by atoms with van der Waals surface area (Å²) < 4.78 is 5.04. The molecule has 0 fully saturated rings. The monoisotopic (exact) mass is 231 g/mol. The predicted octanol–water partition coefficient (Wildman–Crippen LogP) is -0.240. The number of carbonyl (C=O) groups is 1. The number of amides is 1. The number of ether oxygens (including phenoxy) is 1. The number of likely N-dealkylation sites (N-methyl/N-ethyl adjacent to an activating group) is 1. The molecule has 16 heavy (non-hydrogen) atoms. The molecule has 0 aromatic rings. The summed E-state index contributed by atoms with van der Waals surface area (Å²) in [6.45, 7) is 4.64. The maximum atomic E-state index is 11.9. The van der Waals surface area contributed by atoms with E-state index in [1.54, 1.807) is 4.90 Å². The van der Waals surface area contributed by atoms with Crippen LogP contribution in [0.3, 0.4) is 0 Å². The summed E-state index contributed by atoms with van der Waals surface area (Å²) in [5, 5.41) is 0. The van der Waals surface area contributed by atoms with Crippen molar-refractivity contribution in [3.05, 3.63) is 0 Å². The van der Waals surface area contributed by atoms with Crippen molar-refractivity contribution in [2.75, 3.05) is 47.4 Å². The molecule has 0 rings (SSSR count). The lowest BCUT2D eigenvalue weighted by atomic mass is 10.2. The van der Waals surface area contributed by atoms with Gasteiger partial charge in [-0.2, -0.15) is 0 Å². The molecule has 0 aliphatic heterocycles. The minimum absolute atomic E-state index is 0.00810. The lowest BCUT2D eigenvalue weighted by Gasteiger charge is -2.25. The van der Waals surface area contributed by atoms with E-state index in [0.29, 0.717) is 6.54 Å². The molecule has 0 aliphatic carbocycles. The first kappa shape index (κ1) is 15.3. The Hall–Kier alpha value is -0.650. The number of nitrogens with two attached hydrogens (primary N) is 1. The fourth-order valence-corrected chi connectivity index (χ4v) is 1.50. The van der Waals surface area contributed by atoms with Crippen molar-refractivity contribution >= 4 is 5.91 Å². The first-order valence-corrected chi connectivity index (χ1v) is 5.73. The zero-order valence-electron chi connectivity index (χ0n) is 10.9. The average Bonchev–Trinajstić information content (AvgIpc) is 2.25. The third kappa shape index (κ3) is 5.44. The Morgan fingerprint density at radius 3 is 2.38 bits per heavy atom. The van der Waals surface area contributed by atoms with Gasteiger partial charge in [0.2, 0.25) is 0 Å². The van der Waals surface area contributed by atoms with Gasteiger partial charge in [0.05, 0.1) is 0 Å². The van der Waals surface area contributed by atoms with Crippen LogP contribution in [0.25, 0.3) is 0 Å². The number of rotatable bonds is 8. The van der Waals surface area contributed by atoms with E-state index in [1.165, 1.54) is 7.11 Å². The largest absolute Gasteiger partial charge is 0.370 e. The van der Waals surface area contributed by atoms with Gasteiger partial charge in [-0.3, -0.25) is 4.79 Å². The molecule has 0 aliphatic rings. The van der Waals surface area contributed by atoms with Crippen LogP contribution in [0.5, 0.6) is 0 Å². The first-order chi connectivity index (χ1) is 7.56. The normalized spacial score (nSPS) is 12.9. The van der Waals surface area contributed by atoms with Crippen molar-refractivity contribution in [1.29, 1.82) is 0 Å². The van der Waals surface area contributed by atoms with Gasteiger partial charge in [-0.15, -0.1) is 0 Å². The zero-order chi connectivity index (χ0) is 12.6. The number of methoxy groups -OCH3 is 1. The molecule has 2 N–H and O–H groups in total. The standard InChI is InChI=1S/C11H25N3O2/c1-5-14(8-6-7-13(2)3)11(15)10(9-12)16-4/h10H,5-9,12H2,1-4H3. The van der Waals surface area contributed by atoms with Gasteiger partial charge in [0, 0.05) is 26.7 Å². The molecule has 0 aromatic carbocycles. The Morgan fingerprint density at radius 1 is 1.38 bits per heavy atom. The second-order valence-electron chi connectivity index (χ2n) is 4.03. The lowest BCUT2D eigenvalue weighted by molar-refractivity contribution is -0.141. The summed E-state index contributed by atoms with van der Waals surface area (Å²) in [5.74, 6) is -0.00810. The Morgan fingerprint density at radius 2 is 2.00 bits per heavy atom. The number of carbonyl (C=O) groups excluding carboxylic acids is 1. The fraction of sp³-hybridized carbons (Fsp3) is 0.909. The second-order valence-corrected chi connectivity index (χ2v) is 4.03. The number of hydrogen-bond donors (Lipinski definition) is 1. The highest BCUT2D eigenvalue weighted by Crippen LogP contribution is 2.00. The van der Waals surface area contributed by atoms with Crippen LogP contribution in [0, 0.1) is 0 Å². The fourth-order valence-electron chi connectivity index (χ4n) is 1.50. The van der Waals surface area contributed by atoms with E-state index >= 15 is 0 Å². The molecule has 1 unspecified atom stereocenters. The van der Waals surface area contributed by atoms with Gasteiger partial charge in [0.1, 0.15) is 6.10 Å². The summed E-state index contributed by atoms with van der Waals surface area (Å²) in [7, 11) is 5.56. The van der Waals surface area contributed by atoms with E-state index in [9.17, 15) is 4.79 Å². The highest BCUT2D eigenvalue weighted by Gasteiger charge is 2.21. The van der Waals surface area contributed by atoms with Gasteiger partial charge in [0.15, 0.2) is 0 Å². The van der Waals surface area contributed by atoms with Gasteiger partial charge in [-0.05, 0) is 34.0 Å². The summed E-state index contributed by atoms with van der Waals surface area (Å²) in [5.41, 5.74) is 5.47. The van der Waals surface area contributed by atoms with Gasteiger partial charge >= 0.3 is 0 Å². The van der Waals surface area contributed by atoms with E-state index in [4.69, 9.17) is 10.5 Å². The van der Waals surface area contributed by atoms with E-state index in [2.05, 4.69) is 4.90 Å². The smallest absolute Gasteiger partial charge is 0.252 e.